The van der Waals surface area contributed by atoms with Crippen LogP contribution in [0.25, 0.3) is 0 Å². The second-order valence-corrected chi connectivity index (χ2v) is 7.70. The fourth-order valence-corrected chi connectivity index (χ4v) is 3.87. The molecular formula is C15H23NOS. The number of carbonyl (C=O) groups is 1. The lowest BCUT2D eigenvalue weighted by Gasteiger charge is -2.28. The van der Waals surface area contributed by atoms with Crippen LogP contribution in [0.5, 0.6) is 0 Å². The number of nitrogen functional groups attached to an aromatic ring is 1. The van der Waals surface area contributed by atoms with E-state index in [9.17, 15) is 4.79 Å². The average molecular weight is 265 g/mol. The SMILES string of the molecule is CC1CCc2sc(N)c(C(=O)C(C)(C)C)c2C1C. The third-order valence-electron chi connectivity index (χ3n) is 4.09. The summed E-state index contributed by atoms with van der Waals surface area (Å²) in [6.45, 7) is 10.4. The Morgan fingerprint density at radius 3 is 2.50 bits per heavy atom. The third kappa shape index (κ3) is 2.09. The van der Waals surface area contributed by atoms with Gasteiger partial charge < -0.3 is 5.73 Å². The van der Waals surface area contributed by atoms with E-state index >= 15 is 0 Å². The highest BCUT2D eigenvalue weighted by atomic mass is 32.1. The number of aryl methyl sites for hydroxylation is 1. The molecule has 2 atom stereocenters. The zero-order valence-electron chi connectivity index (χ0n) is 12.0. The number of anilines is 1. The molecule has 1 aliphatic rings. The van der Waals surface area contributed by atoms with E-state index in [0.717, 1.165) is 17.0 Å². The smallest absolute Gasteiger partial charge is 0.171 e. The maximum Gasteiger partial charge on any atom is 0.171 e. The van der Waals surface area contributed by atoms with Crippen LogP contribution < -0.4 is 5.73 Å². The maximum atomic E-state index is 12.6. The normalized spacial score (nSPS) is 23.8. The first kappa shape index (κ1) is 13.6. The summed E-state index contributed by atoms with van der Waals surface area (Å²) in [7, 11) is 0. The first-order chi connectivity index (χ1) is 8.23. The van der Waals surface area contributed by atoms with E-state index in [2.05, 4.69) is 13.8 Å². The third-order valence-corrected chi connectivity index (χ3v) is 5.19. The minimum Gasteiger partial charge on any atom is -0.390 e. The summed E-state index contributed by atoms with van der Waals surface area (Å²) in [6.07, 6.45) is 2.28. The lowest BCUT2D eigenvalue weighted by molar-refractivity contribution is 0.0857. The Hall–Kier alpha value is -0.830. The molecule has 0 bridgehead atoms. The van der Waals surface area contributed by atoms with Crippen molar-refractivity contribution in [3.8, 4) is 0 Å². The molecule has 0 aromatic carbocycles. The summed E-state index contributed by atoms with van der Waals surface area (Å²) < 4.78 is 0. The van der Waals surface area contributed by atoms with Crippen LogP contribution in [0.2, 0.25) is 0 Å². The number of carbonyl (C=O) groups excluding carboxylic acids is 1. The van der Waals surface area contributed by atoms with Crippen LogP contribution in [0.1, 0.15) is 67.8 Å². The van der Waals surface area contributed by atoms with Gasteiger partial charge in [-0.05, 0) is 30.2 Å². The fraction of sp³-hybridized carbons (Fsp3) is 0.667. The number of Topliss-reactive ketones (excluding diaryl/α,β-unsaturated/α-hetero) is 1. The van der Waals surface area contributed by atoms with E-state index in [1.807, 2.05) is 20.8 Å². The minimum absolute atomic E-state index is 0.193. The summed E-state index contributed by atoms with van der Waals surface area (Å²) in [6, 6.07) is 0. The van der Waals surface area contributed by atoms with Crippen molar-refractivity contribution in [3.63, 3.8) is 0 Å². The molecule has 0 fully saturated rings. The van der Waals surface area contributed by atoms with Gasteiger partial charge in [0.1, 0.15) is 0 Å². The van der Waals surface area contributed by atoms with Gasteiger partial charge in [-0.2, -0.15) is 0 Å². The predicted molar refractivity (Wildman–Crippen MR) is 78.4 cm³/mol. The van der Waals surface area contributed by atoms with E-state index in [1.165, 1.54) is 16.9 Å². The first-order valence-corrected chi connectivity index (χ1v) is 7.51. The highest BCUT2D eigenvalue weighted by Gasteiger charge is 2.35. The summed E-state index contributed by atoms with van der Waals surface area (Å²) in [5.41, 5.74) is 7.83. The average Bonchev–Trinajstić information content (AvgIpc) is 2.58. The van der Waals surface area contributed by atoms with Crippen molar-refractivity contribution in [2.24, 2.45) is 11.3 Å². The molecule has 1 aliphatic carbocycles. The van der Waals surface area contributed by atoms with Crippen molar-refractivity contribution in [2.45, 2.75) is 53.4 Å². The zero-order chi connectivity index (χ0) is 13.7. The Kier molecular flexibility index (Phi) is 3.30. The van der Waals surface area contributed by atoms with Crippen molar-refractivity contribution < 1.29 is 4.79 Å². The Labute approximate surface area is 114 Å². The molecule has 0 aliphatic heterocycles. The second-order valence-electron chi connectivity index (χ2n) is 6.56. The molecule has 1 aromatic rings. The summed E-state index contributed by atoms with van der Waals surface area (Å²) in [4.78, 5) is 13.9. The van der Waals surface area contributed by atoms with E-state index in [-0.39, 0.29) is 11.2 Å². The molecule has 0 saturated carbocycles. The summed E-state index contributed by atoms with van der Waals surface area (Å²) in [5.74, 6) is 1.28. The van der Waals surface area contributed by atoms with Crippen molar-refractivity contribution in [3.05, 3.63) is 16.0 Å². The molecule has 0 spiro atoms. The quantitative estimate of drug-likeness (QED) is 0.772. The molecule has 2 unspecified atom stereocenters. The molecule has 0 saturated heterocycles. The molecule has 1 heterocycles. The van der Waals surface area contributed by atoms with Gasteiger partial charge >= 0.3 is 0 Å². The molecule has 0 radical (unpaired) electrons. The fourth-order valence-electron chi connectivity index (χ4n) is 2.68. The van der Waals surface area contributed by atoms with Crippen molar-refractivity contribution in [1.29, 1.82) is 0 Å². The standard InChI is InChI=1S/C15H23NOS/c1-8-6-7-10-11(9(8)2)12(14(16)18-10)13(17)15(3,4)5/h8-9H,6-7,16H2,1-5H3. The lowest BCUT2D eigenvalue weighted by atomic mass is 9.75. The van der Waals surface area contributed by atoms with Crippen molar-refractivity contribution >= 4 is 22.1 Å². The summed E-state index contributed by atoms with van der Waals surface area (Å²) >= 11 is 1.62. The molecule has 0 amide bonds. The largest absolute Gasteiger partial charge is 0.390 e. The Bertz CT molecular complexity index is 481. The molecule has 1 aromatic heterocycles. The number of hydrogen-bond donors (Lipinski definition) is 1. The predicted octanol–water partition coefficient (Wildman–Crippen LogP) is 4.24. The Balaban J connectivity index is 2.56. The first-order valence-electron chi connectivity index (χ1n) is 6.69. The molecule has 18 heavy (non-hydrogen) atoms. The molecule has 2 rings (SSSR count). The number of thiophene rings is 1. The van der Waals surface area contributed by atoms with E-state index < -0.39 is 0 Å². The van der Waals surface area contributed by atoms with Gasteiger partial charge in [-0.3, -0.25) is 4.79 Å². The van der Waals surface area contributed by atoms with Crippen LogP contribution in [-0.4, -0.2) is 5.78 Å². The number of ketones is 1. The topological polar surface area (TPSA) is 43.1 Å². The Morgan fingerprint density at radius 2 is 1.94 bits per heavy atom. The van der Waals surface area contributed by atoms with Crippen LogP contribution in [-0.2, 0) is 6.42 Å². The van der Waals surface area contributed by atoms with E-state index in [0.29, 0.717) is 11.8 Å². The lowest BCUT2D eigenvalue weighted by Crippen LogP contribution is -2.24. The van der Waals surface area contributed by atoms with Crippen molar-refractivity contribution in [1.82, 2.24) is 0 Å². The number of fused-ring (bicyclic) bond motifs is 1. The second kappa shape index (κ2) is 4.37. The van der Waals surface area contributed by atoms with Crippen LogP contribution in [0.4, 0.5) is 5.00 Å². The molecule has 3 heteroatoms. The van der Waals surface area contributed by atoms with Gasteiger partial charge in [-0.25, -0.2) is 0 Å². The number of rotatable bonds is 1. The van der Waals surface area contributed by atoms with Gasteiger partial charge in [0.25, 0.3) is 0 Å². The van der Waals surface area contributed by atoms with Gasteiger partial charge in [0.2, 0.25) is 0 Å². The molecular weight excluding hydrogens is 242 g/mol. The van der Waals surface area contributed by atoms with Gasteiger partial charge in [0, 0.05) is 10.3 Å². The van der Waals surface area contributed by atoms with E-state index in [1.54, 1.807) is 11.3 Å². The van der Waals surface area contributed by atoms with Crippen LogP contribution in [0.15, 0.2) is 0 Å². The van der Waals surface area contributed by atoms with Gasteiger partial charge in [-0.1, -0.05) is 34.6 Å². The van der Waals surface area contributed by atoms with Crippen molar-refractivity contribution in [2.75, 3.05) is 5.73 Å². The summed E-state index contributed by atoms with van der Waals surface area (Å²) in [5, 5.41) is 0.723. The minimum atomic E-state index is -0.358. The van der Waals surface area contributed by atoms with Crippen LogP contribution in [0, 0.1) is 11.3 Å². The van der Waals surface area contributed by atoms with Crippen LogP contribution in [0.3, 0.4) is 0 Å². The van der Waals surface area contributed by atoms with Gasteiger partial charge in [0.15, 0.2) is 5.78 Å². The monoisotopic (exact) mass is 265 g/mol. The van der Waals surface area contributed by atoms with E-state index in [4.69, 9.17) is 5.73 Å². The zero-order valence-corrected chi connectivity index (χ0v) is 12.8. The van der Waals surface area contributed by atoms with Gasteiger partial charge in [-0.15, -0.1) is 11.3 Å². The maximum absolute atomic E-state index is 12.6. The molecule has 2 N–H and O–H groups in total. The molecule has 100 valence electrons. The van der Waals surface area contributed by atoms with Crippen LogP contribution >= 0.6 is 11.3 Å². The number of nitrogens with two attached hydrogens (primary N) is 1. The Morgan fingerprint density at radius 1 is 1.33 bits per heavy atom. The highest BCUT2D eigenvalue weighted by Crippen LogP contribution is 2.46. The highest BCUT2D eigenvalue weighted by molar-refractivity contribution is 7.16. The van der Waals surface area contributed by atoms with Gasteiger partial charge in [0.05, 0.1) is 10.6 Å². The molecule has 2 nitrogen and oxygen atoms in total. The number of hydrogen-bond acceptors (Lipinski definition) is 3.